The van der Waals surface area contributed by atoms with Crippen LogP contribution in [0.1, 0.15) is 12.0 Å². The van der Waals surface area contributed by atoms with Gasteiger partial charge in [-0.2, -0.15) is 0 Å². The molecule has 0 amide bonds. The summed E-state index contributed by atoms with van der Waals surface area (Å²) in [5.41, 5.74) is 2.09. The molecule has 0 aromatic heterocycles. The molecule has 1 aliphatic rings. The highest BCUT2D eigenvalue weighted by Gasteiger charge is 2.13. The van der Waals surface area contributed by atoms with Crippen LogP contribution >= 0.6 is 0 Å². The summed E-state index contributed by atoms with van der Waals surface area (Å²) in [6.07, 6.45) is 1.12. The minimum Gasteiger partial charge on any atom is -0.497 e. The monoisotopic (exact) mass is 191 g/mol. The Labute approximate surface area is 83.1 Å². The number of carbonyl (C=O) groups is 1. The minimum absolute atomic E-state index is 0.282. The van der Waals surface area contributed by atoms with Gasteiger partial charge in [0.2, 0.25) is 0 Å². The fourth-order valence-electron chi connectivity index (χ4n) is 1.65. The van der Waals surface area contributed by atoms with Crippen LogP contribution in [0.4, 0.5) is 5.69 Å². The average molecular weight is 191 g/mol. The summed E-state index contributed by atoms with van der Waals surface area (Å²) in [7, 11) is 1.63. The number of ketones is 1. The molecule has 14 heavy (non-hydrogen) atoms. The number of rotatable bonds is 1. The quantitative estimate of drug-likeness (QED) is 0.733. The highest BCUT2D eigenvalue weighted by Crippen LogP contribution is 2.24. The molecule has 3 heteroatoms. The van der Waals surface area contributed by atoms with E-state index >= 15 is 0 Å². The van der Waals surface area contributed by atoms with Gasteiger partial charge in [-0.1, -0.05) is 0 Å². The highest BCUT2D eigenvalue weighted by molar-refractivity contribution is 5.84. The van der Waals surface area contributed by atoms with Crippen molar-refractivity contribution in [2.75, 3.05) is 19.0 Å². The second-order valence-electron chi connectivity index (χ2n) is 3.42. The van der Waals surface area contributed by atoms with E-state index in [0.717, 1.165) is 23.5 Å². The molecule has 3 nitrogen and oxygen atoms in total. The van der Waals surface area contributed by atoms with Gasteiger partial charge in [0.15, 0.2) is 0 Å². The molecule has 0 radical (unpaired) electrons. The number of anilines is 1. The van der Waals surface area contributed by atoms with Crippen LogP contribution in [-0.4, -0.2) is 19.4 Å². The first kappa shape index (κ1) is 9.06. The Morgan fingerprint density at radius 1 is 1.43 bits per heavy atom. The Hall–Kier alpha value is -1.51. The molecule has 1 aromatic carbocycles. The lowest BCUT2D eigenvalue weighted by molar-refractivity contribution is -0.118. The summed E-state index contributed by atoms with van der Waals surface area (Å²) < 4.78 is 5.12. The Kier molecular flexibility index (Phi) is 2.39. The normalized spacial score (nSPS) is 15.4. The van der Waals surface area contributed by atoms with Crippen molar-refractivity contribution in [2.45, 2.75) is 12.8 Å². The number of Topliss-reactive ketones (excluding diaryl/α,β-unsaturated/α-hetero) is 1. The topological polar surface area (TPSA) is 38.3 Å². The van der Waals surface area contributed by atoms with Gasteiger partial charge in [0.1, 0.15) is 11.5 Å². The van der Waals surface area contributed by atoms with Crippen molar-refractivity contribution in [3.8, 4) is 5.75 Å². The van der Waals surface area contributed by atoms with E-state index in [1.54, 1.807) is 7.11 Å². The van der Waals surface area contributed by atoms with Crippen LogP contribution in [0.15, 0.2) is 18.2 Å². The number of hydrogen-bond donors (Lipinski definition) is 1. The molecule has 1 N–H and O–H groups in total. The second kappa shape index (κ2) is 3.70. The Morgan fingerprint density at radius 2 is 2.29 bits per heavy atom. The molecule has 0 atom stereocenters. The summed E-state index contributed by atoms with van der Waals surface area (Å²) in [5, 5.41) is 3.23. The minimum atomic E-state index is 0.282. The van der Waals surface area contributed by atoms with E-state index in [0.29, 0.717) is 12.8 Å². The Morgan fingerprint density at radius 3 is 3.07 bits per heavy atom. The van der Waals surface area contributed by atoms with Crippen molar-refractivity contribution >= 4 is 11.5 Å². The van der Waals surface area contributed by atoms with Crippen molar-refractivity contribution in [3.63, 3.8) is 0 Å². The fourth-order valence-corrected chi connectivity index (χ4v) is 1.65. The zero-order valence-corrected chi connectivity index (χ0v) is 8.17. The third-order valence-electron chi connectivity index (χ3n) is 2.42. The van der Waals surface area contributed by atoms with Crippen molar-refractivity contribution in [2.24, 2.45) is 0 Å². The van der Waals surface area contributed by atoms with E-state index in [4.69, 9.17) is 4.74 Å². The van der Waals surface area contributed by atoms with Gasteiger partial charge in [0.25, 0.3) is 0 Å². The highest BCUT2D eigenvalue weighted by atomic mass is 16.5. The van der Waals surface area contributed by atoms with Crippen molar-refractivity contribution < 1.29 is 9.53 Å². The van der Waals surface area contributed by atoms with E-state index in [9.17, 15) is 4.79 Å². The van der Waals surface area contributed by atoms with Crippen LogP contribution in [0.2, 0.25) is 0 Å². The van der Waals surface area contributed by atoms with Gasteiger partial charge in [-0.3, -0.25) is 4.79 Å². The third kappa shape index (κ3) is 1.71. The molecule has 1 aromatic rings. The van der Waals surface area contributed by atoms with Crippen molar-refractivity contribution in [1.82, 2.24) is 0 Å². The first-order valence-electron chi connectivity index (χ1n) is 4.72. The first-order valence-corrected chi connectivity index (χ1v) is 4.72. The zero-order chi connectivity index (χ0) is 9.97. The molecule has 1 aliphatic heterocycles. The maximum absolute atomic E-state index is 11.4. The van der Waals surface area contributed by atoms with Crippen LogP contribution in [0, 0.1) is 0 Å². The standard InChI is InChI=1S/C11H13NO2/c1-14-10-2-3-11-8(7-10)6-9(13)4-5-12-11/h2-3,7,12H,4-6H2,1H3. The van der Waals surface area contributed by atoms with E-state index in [1.807, 2.05) is 18.2 Å². The molecule has 0 spiro atoms. The van der Waals surface area contributed by atoms with Crippen LogP contribution in [0.25, 0.3) is 0 Å². The van der Waals surface area contributed by atoms with Crippen molar-refractivity contribution in [3.05, 3.63) is 23.8 Å². The van der Waals surface area contributed by atoms with Gasteiger partial charge in [-0.25, -0.2) is 0 Å². The SMILES string of the molecule is COc1ccc2c(c1)CC(=O)CCN2. The molecular formula is C11H13NO2. The molecule has 0 saturated heterocycles. The lowest BCUT2D eigenvalue weighted by Crippen LogP contribution is -2.03. The molecule has 74 valence electrons. The number of ether oxygens (including phenoxy) is 1. The number of nitrogens with one attached hydrogen (secondary N) is 1. The number of benzene rings is 1. The second-order valence-corrected chi connectivity index (χ2v) is 3.42. The molecular weight excluding hydrogens is 178 g/mol. The molecule has 0 bridgehead atoms. The summed E-state index contributed by atoms with van der Waals surface area (Å²) in [6, 6.07) is 5.79. The lowest BCUT2D eigenvalue weighted by atomic mass is 10.1. The predicted molar refractivity (Wildman–Crippen MR) is 54.8 cm³/mol. The molecule has 1 heterocycles. The van der Waals surface area contributed by atoms with E-state index < -0.39 is 0 Å². The summed E-state index contributed by atoms with van der Waals surface area (Å²) in [5.74, 6) is 1.09. The van der Waals surface area contributed by atoms with Crippen LogP contribution < -0.4 is 10.1 Å². The van der Waals surface area contributed by atoms with Crippen LogP contribution in [-0.2, 0) is 11.2 Å². The summed E-state index contributed by atoms with van der Waals surface area (Å²) in [6.45, 7) is 0.734. The first-order chi connectivity index (χ1) is 6.79. The third-order valence-corrected chi connectivity index (χ3v) is 2.42. The van der Waals surface area contributed by atoms with Gasteiger partial charge >= 0.3 is 0 Å². The van der Waals surface area contributed by atoms with E-state index in [1.165, 1.54) is 0 Å². The van der Waals surface area contributed by atoms with Gasteiger partial charge in [-0.05, 0) is 23.8 Å². The molecule has 0 aliphatic carbocycles. The van der Waals surface area contributed by atoms with Gasteiger partial charge in [0, 0.05) is 25.1 Å². The Balaban J connectivity index is 2.36. The summed E-state index contributed by atoms with van der Waals surface area (Å²) in [4.78, 5) is 11.4. The zero-order valence-electron chi connectivity index (χ0n) is 8.17. The number of fused-ring (bicyclic) bond motifs is 1. The number of hydrogen-bond acceptors (Lipinski definition) is 3. The van der Waals surface area contributed by atoms with E-state index in [2.05, 4.69) is 5.32 Å². The Bertz CT molecular complexity index is 360. The van der Waals surface area contributed by atoms with Gasteiger partial charge < -0.3 is 10.1 Å². The smallest absolute Gasteiger partial charge is 0.139 e. The van der Waals surface area contributed by atoms with E-state index in [-0.39, 0.29) is 5.78 Å². The summed E-state index contributed by atoms with van der Waals surface area (Å²) >= 11 is 0. The van der Waals surface area contributed by atoms with Crippen LogP contribution in [0.5, 0.6) is 5.75 Å². The molecule has 2 rings (SSSR count). The molecule has 0 fully saturated rings. The fraction of sp³-hybridized carbons (Fsp3) is 0.364. The largest absolute Gasteiger partial charge is 0.497 e. The molecule has 0 saturated carbocycles. The molecule has 0 unspecified atom stereocenters. The van der Waals surface area contributed by atoms with Crippen LogP contribution in [0.3, 0.4) is 0 Å². The van der Waals surface area contributed by atoms with Gasteiger partial charge in [-0.15, -0.1) is 0 Å². The number of methoxy groups -OCH3 is 1. The lowest BCUT2D eigenvalue weighted by Gasteiger charge is -2.08. The average Bonchev–Trinajstić information content (AvgIpc) is 2.37. The maximum Gasteiger partial charge on any atom is 0.139 e. The van der Waals surface area contributed by atoms with Gasteiger partial charge in [0.05, 0.1) is 7.11 Å². The number of carbonyl (C=O) groups excluding carboxylic acids is 1. The predicted octanol–water partition coefficient (Wildman–Crippen LogP) is 1.62. The maximum atomic E-state index is 11.4. The van der Waals surface area contributed by atoms with Crippen molar-refractivity contribution in [1.29, 1.82) is 0 Å².